The van der Waals surface area contributed by atoms with Crippen LogP contribution in [0.25, 0.3) is 0 Å². The summed E-state index contributed by atoms with van der Waals surface area (Å²) in [5.41, 5.74) is 1.43. The molecule has 0 radical (unpaired) electrons. The van der Waals surface area contributed by atoms with Crippen LogP contribution < -0.4 is 10.1 Å². The second-order valence-electron chi connectivity index (χ2n) is 5.71. The summed E-state index contributed by atoms with van der Waals surface area (Å²) < 4.78 is 10.7. The van der Waals surface area contributed by atoms with Gasteiger partial charge in [0.25, 0.3) is 0 Å². The van der Waals surface area contributed by atoms with Crippen LogP contribution in [0.5, 0.6) is 5.75 Å². The molecule has 0 saturated carbocycles. The topological polar surface area (TPSA) is 50.7 Å². The Hall–Kier alpha value is -1.10. The summed E-state index contributed by atoms with van der Waals surface area (Å²) in [6.07, 6.45) is -0.495. The summed E-state index contributed by atoms with van der Waals surface area (Å²) in [5, 5.41) is 13.1. The number of hydrogen-bond donors (Lipinski definition) is 2. The van der Waals surface area contributed by atoms with Gasteiger partial charge < -0.3 is 19.9 Å². The van der Waals surface area contributed by atoms with Gasteiger partial charge >= 0.3 is 0 Å². The van der Waals surface area contributed by atoms with Crippen molar-refractivity contribution < 1.29 is 14.6 Å². The SMILES string of the molecule is Cc1ccc(OCC(O)CNCC2(C)COC2)cc1. The van der Waals surface area contributed by atoms with E-state index < -0.39 is 6.10 Å². The van der Waals surface area contributed by atoms with Crippen LogP contribution in [-0.4, -0.2) is 44.1 Å². The van der Waals surface area contributed by atoms with Crippen molar-refractivity contribution in [2.45, 2.75) is 20.0 Å². The zero-order valence-electron chi connectivity index (χ0n) is 11.7. The molecule has 1 saturated heterocycles. The van der Waals surface area contributed by atoms with Crippen molar-refractivity contribution in [1.82, 2.24) is 5.32 Å². The summed E-state index contributed by atoms with van der Waals surface area (Å²) in [7, 11) is 0. The standard InChI is InChI=1S/C15H23NO3/c1-12-3-5-14(6-4-12)19-8-13(17)7-16-9-15(2)10-18-11-15/h3-6,13,16-17H,7-11H2,1-2H3. The van der Waals surface area contributed by atoms with Crippen molar-refractivity contribution in [3.05, 3.63) is 29.8 Å². The van der Waals surface area contributed by atoms with Crippen molar-refractivity contribution in [1.29, 1.82) is 0 Å². The van der Waals surface area contributed by atoms with Crippen LogP contribution in [0.2, 0.25) is 0 Å². The molecule has 1 atom stereocenters. The molecule has 106 valence electrons. The van der Waals surface area contributed by atoms with E-state index >= 15 is 0 Å². The van der Waals surface area contributed by atoms with E-state index in [0.717, 1.165) is 25.5 Å². The van der Waals surface area contributed by atoms with Gasteiger partial charge in [0, 0.05) is 18.5 Å². The van der Waals surface area contributed by atoms with E-state index in [1.807, 2.05) is 31.2 Å². The Morgan fingerprint density at radius 1 is 1.37 bits per heavy atom. The normalized spacial score (nSPS) is 18.7. The van der Waals surface area contributed by atoms with E-state index in [9.17, 15) is 5.11 Å². The third kappa shape index (κ3) is 4.49. The smallest absolute Gasteiger partial charge is 0.119 e. The molecule has 1 aliphatic rings. The molecule has 1 unspecified atom stereocenters. The van der Waals surface area contributed by atoms with Gasteiger partial charge in [-0.1, -0.05) is 24.6 Å². The molecule has 4 nitrogen and oxygen atoms in total. The average molecular weight is 265 g/mol. The minimum atomic E-state index is -0.495. The summed E-state index contributed by atoms with van der Waals surface area (Å²) >= 11 is 0. The van der Waals surface area contributed by atoms with Crippen molar-refractivity contribution in [3.8, 4) is 5.75 Å². The van der Waals surface area contributed by atoms with Gasteiger partial charge in [-0.15, -0.1) is 0 Å². The molecular weight excluding hydrogens is 242 g/mol. The molecule has 0 aromatic heterocycles. The van der Waals surface area contributed by atoms with Gasteiger partial charge in [-0.05, 0) is 19.1 Å². The molecule has 1 aromatic carbocycles. The van der Waals surface area contributed by atoms with Crippen LogP contribution in [0.3, 0.4) is 0 Å². The van der Waals surface area contributed by atoms with Gasteiger partial charge in [-0.3, -0.25) is 0 Å². The predicted molar refractivity (Wildman–Crippen MR) is 74.5 cm³/mol. The molecule has 1 heterocycles. The molecule has 1 aromatic rings. The fourth-order valence-electron chi connectivity index (χ4n) is 1.98. The fraction of sp³-hybridized carbons (Fsp3) is 0.600. The number of hydrogen-bond acceptors (Lipinski definition) is 4. The molecule has 19 heavy (non-hydrogen) atoms. The van der Waals surface area contributed by atoms with E-state index in [1.54, 1.807) is 0 Å². The van der Waals surface area contributed by atoms with E-state index in [4.69, 9.17) is 9.47 Å². The van der Waals surface area contributed by atoms with Gasteiger partial charge in [0.05, 0.1) is 13.2 Å². The molecule has 1 aliphatic heterocycles. The largest absolute Gasteiger partial charge is 0.491 e. The maximum Gasteiger partial charge on any atom is 0.119 e. The zero-order valence-corrected chi connectivity index (χ0v) is 11.7. The zero-order chi connectivity index (χ0) is 13.7. The number of benzene rings is 1. The minimum absolute atomic E-state index is 0.234. The Labute approximate surface area is 114 Å². The lowest BCUT2D eigenvalue weighted by Gasteiger charge is -2.38. The maximum atomic E-state index is 9.83. The third-order valence-electron chi connectivity index (χ3n) is 3.30. The Balaban J connectivity index is 1.61. The Morgan fingerprint density at radius 3 is 2.63 bits per heavy atom. The number of rotatable bonds is 7. The summed E-state index contributed by atoms with van der Waals surface area (Å²) in [5.74, 6) is 0.795. The van der Waals surface area contributed by atoms with Crippen LogP contribution in [0.1, 0.15) is 12.5 Å². The van der Waals surface area contributed by atoms with E-state index in [2.05, 4.69) is 12.2 Å². The monoisotopic (exact) mass is 265 g/mol. The number of aliphatic hydroxyl groups is 1. The summed E-state index contributed by atoms with van der Waals surface area (Å²) in [4.78, 5) is 0. The molecule has 2 rings (SSSR count). The van der Waals surface area contributed by atoms with Gasteiger partial charge in [0.1, 0.15) is 18.5 Å². The van der Waals surface area contributed by atoms with Crippen LogP contribution in [0.15, 0.2) is 24.3 Å². The summed E-state index contributed by atoms with van der Waals surface area (Å²) in [6.45, 7) is 7.54. The highest BCUT2D eigenvalue weighted by Crippen LogP contribution is 2.24. The van der Waals surface area contributed by atoms with Crippen LogP contribution >= 0.6 is 0 Å². The van der Waals surface area contributed by atoms with Crippen molar-refractivity contribution in [2.24, 2.45) is 5.41 Å². The minimum Gasteiger partial charge on any atom is -0.491 e. The van der Waals surface area contributed by atoms with Gasteiger partial charge in [0.15, 0.2) is 0 Å². The first-order chi connectivity index (χ1) is 9.07. The van der Waals surface area contributed by atoms with Crippen LogP contribution in [-0.2, 0) is 4.74 Å². The lowest BCUT2D eigenvalue weighted by Crippen LogP contribution is -2.48. The second kappa shape index (κ2) is 6.37. The van der Waals surface area contributed by atoms with Crippen molar-refractivity contribution in [2.75, 3.05) is 32.9 Å². The quantitative estimate of drug-likeness (QED) is 0.781. The average Bonchev–Trinajstić information content (AvgIpc) is 2.36. The first-order valence-corrected chi connectivity index (χ1v) is 6.73. The molecule has 1 fully saturated rings. The van der Waals surface area contributed by atoms with Gasteiger partial charge in [-0.25, -0.2) is 0 Å². The van der Waals surface area contributed by atoms with Gasteiger partial charge in [-0.2, -0.15) is 0 Å². The lowest BCUT2D eigenvalue weighted by molar-refractivity contribution is -0.0997. The van der Waals surface area contributed by atoms with E-state index in [1.165, 1.54) is 5.56 Å². The van der Waals surface area contributed by atoms with E-state index in [-0.39, 0.29) is 5.41 Å². The highest BCUT2D eigenvalue weighted by Gasteiger charge is 2.32. The molecule has 4 heteroatoms. The van der Waals surface area contributed by atoms with Crippen LogP contribution in [0.4, 0.5) is 0 Å². The van der Waals surface area contributed by atoms with Crippen molar-refractivity contribution >= 4 is 0 Å². The number of ether oxygens (including phenoxy) is 2. The molecule has 0 amide bonds. The van der Waals surface area contributed by atoms with Gasteiger partial charge in [0.2, 0.25) is 0 Å². The van der Waals surface area contributed by atoms with Crippen molar-refractivity contribution in [3.63, 3.8) is 0 Å². The third-order valence-corrected chi connectivity index (χ3v) is 3.30. The Morgan fingerprint density at radius 2 is 2.05 bits per heavy atom. The Bertz CT molecular complexity index is 387. The van der Waals surface area contributed by atoms with Crippen LogP contribution in [0, 0.1) is 12.3 Å². The Kier molecular flexibility index (Phi) is 4.80. The number of aliphatic hydroxyl groups excluding tert-OH is 1. The molecule has 0 aliphatic carbocycles. The van der Waals surface area contributed by atoms with E-state index in [0.29, 0.717) is 13.2 Å². The number of nitrogens with one attached hydrogen (secondary N) is 1. The molecule has 2 N–H and O–H groups in total. The fourth-order valence-corrected chi connectivity index (χ4v) is 1.98. The molecular formula is C15H23NO3. The first kappa shape index (κ1) is 14.3. The molecule has 0 spiro atoms. The second-order valence-corrected chi connectivity index (χ2v) is 5.71. The number of aryl methyl sites for hydroxylation is 1. The highest BCUT2D eigenvalue weighted by molar-refractivity contribution is 5.26. The highest BCUT2D eigenvalue weighted by atomic mass is 16.5. The first-order valence-electron chi connectivity index (χ1n) is 6.73. The maximum absolute atomic E-state index is 9.83. The predicted octanol–water partition coefficient (Wildman–Crippen LogP) is 1.36. The summed E-state index contributed by atoms with van der Waals surface area (Å²) in [6, 6.07) is 7.83. The lowest BCUT2D eigenvalue weighted by atomic mass is 9.89. The molecule has 0 bridgehead atoms.